The van der Waals surface area contributed by atoms with Crippen molar-refractivity contribution in [3.05, 3.63) is 102 Å². The molecule has 1 spiro atoms. The molecule has 1 aliphatic carbocycles. The number of rotatable bonds is 7. The first-order chi connectivity index (χ1) is 24.1. The van der Waals surface area contributed by atoms with E-state index in [4.69, 9.17) is 19.2 Å². The average molecular weight is 677 g/mol. The third-order valence-corrected chi connectivity index (χ3v) is 12.3. The number of hydrogen-bond acceptors (Lipinski definition) is 9. The van der Waals surface area contributed by atoms with Crippen LogP contribution in [0.3, 0.4) is 0 Å². The van der Waals surface area contributed by atoms with Gasteiger partial charge in [0.05, 0.1) is 31.9 Å². The van der Waals surface area contributed by atoms with Gasteiger partial charge < -0.3 is 28.8 Å². The van der Waals surface area contributed by atoms with Gasteiger partial charge in [0.15, 0.2) is 6.10 Å². The summed E-state index contributed by atoms with van der Waals surface area (Å²) in [7, 11) is 6.96. The number of ether oxygens (including phenoxy) is 3. The van der Waals surface area contributed by atoms with E-state index in [1.807, 2.05) is 61.5 Å². The first kappa shape index (κ1) is 32.5. The molecule has 260 valence electrons. The molecule has 1 saturated heterocycles. The fourth-order valence-corrected chi connectivity index (χ4v) is 10.6. The lowest BCUT2D eigenvalue weighted by atomic mass is 9.47. The van der Waals surface area contributed by atoms with Crippen molar-refractivity contribution in [2.75, 3.05) is 39.3 Å². The Kier molecular flexibility index (Phi) is 7.44. The van der Waals surface area contributed by atoms with Crippen molar-refractivity contribution in [3.8, 4) is 5.75 Å². The molecule has 10 nitrogen and oxygen atoms in total. The van der Waals surface area contributed by atoms with E-state index in [1.54, 1.807) is 7.11 Å². The summed E-state index contributed by atoms with van der Waals surface area (Å²) >= 11 is 0. The van der Waals surface area contributed by atoms with E-state index in [-0.39, 0.29) is 12.0 Å². The maximum absolute atomic E-state index is 14.2. The molecule has 1 N–H and O–H groups in total. The van der Waals surface area contributed by atoms with Crippen LogP contribution in [0.15, 0.2) is 79.0 Å². The molecule has 50 heavy (non-hydrogen) atoms. The number of para-hydroxylation sites is 1. The molecule has 7 atom stereocenters. The highest BCUT2D eigenvalue weighted by molar-refractivity contribution is 5.87. The molecule has 8 rings (SSSR count). The highest BCUT2D eigenvalue weighted by atomic mass is 16.6. The molecule has 2 fully saturated rings. The van der Waals surface area contributed by atoms with Crippen molar-refractivity contribution >= 4 is 28.5 Å². The second-order valence-corrected chi connectivity index (χ2v) is 14.4. The van der Waals surface area contributed by atoms with E-state index in [0.29, 0.717) is 18.6 Å². The lowest BCUT2D eigenvalue weighted by molar-refractivity contribution is -0.228. The molecule has 0 amide bonds. The van der Waals surface area contributed by atoms with Gasteiger partial charge in [-0.05, 0) is 60.7 Å². The fraction of sp³-hybridized carbons (Fsp3) is 0.425. The molecule has 4 aromatic rings. The van der Waals surface area contributed by atoms with Gasteiger partial charge in [0.1, 0.15) is 5.75 Å². The van der Waals surface area contributed by atoms with Crippen LogP contribution in [-0.4, -0.2) is 89.6 Å². The maximum atomic E-state index is 14.2. The van der Waals surface area contributed by atoms with Gasteiger partial charge in [-0.15, -0.1) is 0 Å². The molecule has 3 aliphatic heterocycles. The zero-order chi connectivity index (χ0) is 35.2. The zero-order valence-electron chi connectivity index (χ0n) is 29.4. The largest absolute Gasteiger partial charge is 0.496 e. The smallest absolute Gasteiger partial charge is 0.344 e. The van der Waals surface area contributed by atoms with Crippen molar-refractivity contribution in [1.29, 1.82) is 0 Å². The number of pyridine rings is 1. The molecule has 2 aromatic heterocycles. The Morgan fingerprint density at radius 3 is 2.52 bits per heavy atom. The summed E-state index contributed by atoms with van der Waals surface area (Å²) in [5.41, 5.74) is 2.07. The number of carbonyl (C=O) groups excluding carboxylic acids is 2. The molecule has 0 bridgehead atoms. The summed E-state index contributed by atoms with van der Waals surface area (Å²) in [5, 5.41) is 14.2. The van der Waals surface area contributed by atoms with Crippen LogP contribution in [-0.2, 0) is 31.5 Å². The summed E-state index contributed by atoms with van der Waals surface area (Å²) < 4.78 is 20.0. The minimum Gasteiger partial charge on any atom is -0.496 e. The monoisotopic (exact) mass is 676 g/mol. The maximum Gasteiger partial charge on any atom is 0.344 e. The molecular weight excluding hydrogens is 632 g/mol. The van der Waals surface area contributed by atoms with Crippen LogP contribution < -0.4 is 9.64 Å². The summed E-state index contributed by atoms with van der Waals surface area (Å²) in [6, 6.07) is 19.8. The van der Waals surface area contributed by atoms with Crippen LogP contribution in [0.2, 0.25) is 0 Å². The SMILES string of the molecule is CC[C@@]12C=CCN3CC[C@]4(c5cc(C(c6ccccn6)c6cc7ccccc7n6C)c(OC)cc5N(C)[C@@H]4C(O)(C(=O)OC)C1OC(C)=O)[C@H]32. The van der Waals surface area contributed by atoms with Crippen molar-refractivity contribution in [3.63, 3.8) is 0 Å². The Bertz CT molecular complexity index is 2040. The Balaban J connectivity index is 1.43. The number of anilines is 1. The summed E-state index contributed by atoms with van der Waals surface area (Å²) in [6.45, 7) is 4.85. The van der Waals surface area contributed by atoms with Crippen LogP contribution in [0, 0.1) is 5.41 Å². The first-order valence-corrected chi connectivity index (χ1v) is 17.4. The average Bonchev–Trinajstić information content (AvgIpc) is 3.76. The van der Waals surface area contributed by atoms with Crippen molar-refractivity contribution in [2.45, 2.75) is 61.8 Å². The van der Waals surface area contributed by atoms with E-state index in [0.717, 1.165) is 52.2 Å². The first-order valence-electron chi connectivity index (χ1n) is 17.4. The second-order valence-electron chi connectivity index (χ2n) is 14.4. The van der Waals surface area contributed by atoms with Crippen LogP contribution >= 0.6 is 0 Å². The zero-order valence-corrected chi connectivity index (χ0v) is 29.4. The standard InChI is InChI=1S/C40H44N4O6/c1-7-38-16-12-19-44-20-17-39(34(38)44)27-22-26(33(28-14-10-11-18-41-28)31-21-25-13-8-9-15-29(25)42(31)3)32(48-5)23-30(27)43(4)35(39)40(47,37(46)49-6)36(38)50-24(2)45/h8-16,18,21-23,33-36,47H,7,17,19-20H2,1-6H3/t33?,34-,35+,36?,38+,39+,40?/m1/s1. The van der Waals surface area contributed by atoms with E-state index >= 15 is 0 Å². The van der Waals surface area contributed by atoms with Gasteiger partial charge in [0.25, 0.3) is 0 Å². The molecule has 3 unspecified atom stereocenters. The lowest BCUT2D eigenvalue weighted by Gasteiger charge is -2.63. The van der Waals surface area contributed by atoms with Crippen LogP contribution in [0.5, 0.6) is 5.75 Å². The van der Waals surface area contributed by atoms with Crippen molar-refractivity contribution in [1.82, 2.24) is 14.5 Å². The number of nitrogens with zero attached hydrogens (tertiary/aromatic N) is 4. The third-order valence-electron chi connectivity index (χ3n) is 12.3. The van der Waals surface area contributed by atoms with Gasteiger partial charge in [-0.3, -0.25) is 14.7 Å². The molecule has 5 heterocycles. The fourth-order valence-electron chi connectivity index (χ4n) is 10.6. The number of aliphatic hydroxyl groups is 1. The highest BCUT2D eigenvalue weighted by Crippen LogP contribution is 2.68. The Hall–Kier alpha value is -4.67. The molecule has 0 radical (unpaired) electrons. The number of fused-ring (bicyclic) bond motifs is 2. The van der Waals surface area contributed by atoms with Crippen LogP contribution in [0.1, 0.15) is 55.1 Å². The predicted octanol–water partition coefficient (Wildman–Crippen LogP) is 4.71. The number of carbonyl (C=O) groups is 2. The topological polar surface area (TPSA) is 106 Å². The van der Waals surface area contributed by atoms with E-state index in [9.17, 15) is 14.7 Å². The highest BCUT2D eigenvalue weighted by Gasteiger charge is 2.80. The second kappa shape index (κ2) is 11.4. The van der Waals surface area contributed by atoms with E-state index < -0.39 is 40.5 Å². The predicted molar refractivity (Wildman–Crippen MR) is 189 cm³/mol. The Morgan fingerprint density at radius 2 is 1.84 bits per heavy atom. The molecule has 2 aromatic carbocycles. The van der Waals surface area contributed by atoms with Crippen molar-refractivity contribution in [2.24, 2.45) is 12.5 Å². The molecule has 4 aliphatic rings. The van der Waals surface area contributed by atoms with Gasteiger partial charge in [-0.1, -0.05) is 43.3 Å². The van der Waals surface area contributed by atoms with Gasteiger partial charge in [0, 0.05) is 79.2 Å². The molecule has 10 heteroatoms. The molecule has 1 saturated carbocycles. The number of benzene rings is 2. The number of likely N-dealkylation sites (N-methyl/N-ethyl adjacent to an activating group) is 1. The number of aromatic nitrogens is 2. The Labute approximate surface area is 292 Å². The quantitative estimate of drug-likeness (QED) is 0.220. The number of methoxy groups -OCH3 is 2. The van der Waals surface area contributed by atoms with Crippen LogP contribution in [0.25, 0.3) is 10.9 Å². The minimum atomic E-state index is -2.19. The normalized spacial score (nSPS) is 30.1. The number of esters is 2. The lowest BCUT2D eigenvalue weighted by Crippen LogP contribution is -2.81. The summed E-state index contributed by atoms with van der Waals surface area (Å²) in [5.74, 6) is -1.00. The summed E-state index contributed by atoms with van der Waals surface area (Å²) in [6.07, 6.45) is 6.03. The number of hydrogen-bond donors (Lipinski definition) is 1. The molecular formula is C40H44N4O6. The van der Waals surface area contributed by atoms with E-state index in [1.165, 1.54) is 14.0 Å². The Morgan fingerprint density at radius 1 is 1.06 bits per heavy atom. The van der Waals surface area contributed by atoms with Gasteiger partial charge >= 0.3 is 11.9 Å². The van der Waals surface area contributed by atoms with E-state index in [2.05, 4.69) is 52.9 Å². The van der Waals surface area contributed by atoms with Crippen molar-refractivity contribution < 1.29 is 28.9 Å². The van der Waals surface area contributed by atoms with Gasteiger partial charge in [-0.2, -0.15) is 0 Å². The summed E-state index contributed by atoms with van der Waals surface area (Å²) in [4.78, 5) is 36.3. The van der Waals surface area contributed by atoms with Gasteiger partial charge in [-0.25, -0.2) is 4.79 Å². The van der Waals surface area contributed by atoms with Crippen LogP contribution in [0.4, 0.5) is 5.69 Å². The number of aryl methyl sites for hydroxylation is 1. The third kappa shape index (κ3) is 4.06. The minimum absolute atomic E-state index is 0.180. The van der Waals surface area contributed by atoms with Gasteiger partial charge in [0.2, 0.25) is 5.60 Å².